The van der Waals surface area contributed by atoms with Crippen molar-refractivity contribution in [3.8, 4) is 0 Å². The molecule has 4 rings (SSSR count). The van der Waals surface area contributed by atoms with Crippen LogP contribution >= 0.6 is 24.0 Å². The van der Waals surface area contributed by atoms with Crippen LogP contribution in [-0.2, 0) is 21.5 Å². The molecule has 0 spiro atoms. The lowest BCUT2D eigenvalue weighted by atomic mass is 9.85. The number of aliphatic imine (C=N–C) groups is 1. The number of hydrogen-bond acceptors (Lipinski definition) is 5. The van der Waals surface area contributed by atoms with E-state index in [1.54, 1.807) is 13.2 Å². The largest absolute Gasteiger partial charge is 0.443 e. The van der Waals surface area contributed by atoms with Gasteiger partial charge >= 0.3 is 0 Å². The molecule has 4 unspecified atom stereocenters. The van der Waals surface area contributed by atoms with Crippen molar-refractivity contribution < 1.29 is 14.0 Å². The van der Waals surface area contributed by atoms with Gasteiger partial charge in [0.15, 0.2) is 5.96 Å². The van der Waals surface area contributed by atoms with Crippen LogP contribution in [0.2, 0.25) is 0 Å². The summed E-state index contributed by atoms with van der Waals surface area (Å²) in [7, 11) is 1.67. The van der Waals surface area contributed by atoms with Crippen molar-refractivity contribution in [2.75, 3.05) is 20.1 Å². The summed E-state index contributed by atoms with van der Waals surface area (Å²) in [5.74, 6) is 2.15. The van der Waals surface area contributed by atoms with Crippen molar-refractivity contribution in [1.29, 1.82) is 0 Å². The highest BCUT2D eigenvalue weighted by Gasteiger charge is 2.58. The van der Waals surface area contributed by atoms with Crippen LogP contribution in [0.15, 0.2) is 27.8 Å². The topological polar surface area (TPSA) is 99.8 Å². The number of hydrogen-bond donors (Lipinski definition) is 2. The van der Waals surface area contributed by atoms with Gasteiger partial charge in [-0.3, -0.25) is 19.5 Å². The van der Waals surface area contributed by atoms with E-state index in [1.165, 1.54) is 4.90 Å². The number of likely N-dealkylation sites (tertiary alicyclic amines) is 1. The average Bonchev–Trinajstić information content (AvgIpc) is 3.43. The third-order valence-corrected chi connectivity index (χ3v) is 6.11. The zero-order valence-electron chi connectivity index (χ0n) is 17.8. The van der Waals surface area contributed by atoms with Crippen LogP contribution in [0.4, 0.5) is 0 Å². The van der Waals surface area contributed by atoms with Crippen LogP contribution < -0.4 is 10.6 Å². The Kier molecular flexibility index (Phi) is 6.59. The lowest BCUT2D eigenvalue weighted by Gasteiger charge is -2.18. The minimum absolute atomic E-state index is 0. The predicted octanol–water partition coefficient (Wildman–Crippen LogP) is 2.06. The van der Waals surface area contributed by atoms with Gasteiger partial charge in [-0.25, -0.2) is 4.98 Å². The summed E-state index contributed by atoms with van der Waals surface area (Å²) >= 11 is 0. The number of imide groups is 1. The fraction of sp³-hybridized carbons (Fsp3) is 0.619. The molecule has 1 aromatic heterocycles. The van der Waals surface area contributed by atoms with Crippen LogP contribution in [-0.4, -0.2) is 47.8 Å². The molecular formula is C21H30IN5O3. The molecule has 0 aromatic carbocycles. The monoisotopic (exact) mass is 527 g/mol. The molecule has 30 heavy (non-hydrogen) atoms. The van der Waals surface area contributed by atoms with Gasteiger partial charge in [0.05, 0.1) is 24.6 Å². The first-order chi connectivity index (χ1) is 13.8. The molecule has 1 aliphatic heterocycles. The second-order valence-electron chi connectivity index (χ2n) is 9.05. The lowest BCUT2D eigenvalue weighted by molar-refractivity contribution is -0.140. The summed E-state index contributed by atoms with van der Waals surface area (Å²) in [6.45, 7) is 7.40. The molecule has 1 saturated heterocycles. The Balaban J connectivity index is 0.00000256. The highest BCUT2D eigenvalue weighted by Crippen LogP contribution is 2.52. The fourth-order valence-corrected chi connectivity index (χ4v) is 4.59. The van der Waals surface area contributed by atoms with Gasteiger partial charge in [0.2, 0.25) is 17.7 Å². The standard InChI is InChI=1S/C21H29N5O3.HI/c1-21(2,3)14-10-24-15(29-14)11-25-20(22-4)23-7-8-26-18(27)16-12-5-6-13(9-12)17(16)19(26)28;/h5-6,10,12-13,16-17H,7-9,11H2,1-4H3,(H2,22,23,25);1H. The number of allylic oxidation sites excluding steroid dienone is 2. The molecule has 2 amide bonds. The van der Waals surface area contributed by atoms with Crippen LogP contribution in [0.25, 0.3) is 0 Å². The number of aromatic nitrogens is 1. The van der Waals surface area contributed by atoms with Gasteiger partial charge in [0.25, 0.3) is 0 Å². The van der Waals surface area contributed by atoms with Gasteiger partial charge in [0.1, 0.15) is 5.76 Å². The molecule has 4 atom stereocenters. The first-order valence-corrected chi connectivity index (χ1v) is 10.2. The van der Waals surface area contributed by atoms with E-state index in [9.17, 15) is 9.59 Å². The molecule has 164 valence electrons. The van der Waals surface area contributed by atoms with Crippen LogP contribution in [0.5, 0.6) is 0 Å². The number of nitrogens with one attached hydrogen (secondary N) is 2. The third-order valence-electron chi connectivity index (χ3n) is 6.11. The summed E-state index contributed by atoms with van der Waals surface area (Å²) in [5, 5.41) is 6.30. The fourth-order valence-electron chi connectivity index (χ4n) is 4.59. The maximum absolute atomic E-state index is 12.7. The SMILES string of the molecule is CN=C(NCCN1C(=O)C2C3C=CC(C3)C2C1=O)NCc1ncc(C(C)(C)C)o1.I. The van der Waals surface area contributed by atoms with Gasteiger partial charge in [-0.05, 0) is 18.3 Å². The molecule has 0 radical (unpaired) electrons. The smallest absolute Gasteiger partial charge is 0.233 e. The van der Waals surface area contributed by atoms with Crippen LogP contribution in [0.1, 0.15) is 38.8 Å². The van der Waals surface area contributed by atoms with Gasteiger partial charge in [-0.15, -0.1) is 24.0 Å². The zero-order chi connectivity index (χ0) is 20.8. The second-order valence-corrected chi connectivity index (χ2v) is 9.05. The van der Waals surface area contributed by atoms with E-state index >= 15 is 0 Å². The van der Waals surface area contributed by atoms with E-state index in [4.69, 9.17) is 4.42 Å². The van der Waals surface area contributed by atoms with Crippen LogP contribution in [0, 0.1) is 23.7 Å². The highest BCUT2D eigenvalue weighted by molar-refractivity contribution is 14.0. The predicted molar refractivity (Wildman–Crippen MR) is 123 cm³/mol. The Bertz CT molecular complexity index is 842. The molecule has 3 aliphatic rings. The Morgan fingerprint density at radius 1 is 1.20 bits per heavy atom. The van der Waals surface area contributed by atoms with Crippen molar-refractivity contribution in [3.05, 3.63) is 30.0 Å². The lowest BCUT2D eigenvalue weighted by Crippen LogP contribution is -2.43. The van der Waals surface area contributed by atoms with Gasteiger partial charge in [-0.1, -0.05) is 32.9 Å². The van der Waals surface area contributed by atoms with E-state index in [0.29, 0.717) is 31.5 Å². The quantitative estimate of drug-likeness (QED) is 0.200. The Morgan fingerprint density at radius 2 is 1.83 bits per heavy atom. The normalized spacial score (nSPS) is 27.5. The minimum atomic E-state index is -0.142. The molecule has 1 aromatic rings. The molecule has 9 heteroatoms. The number of halogens is 1. The number of oxazole rings is 1. The zero-order valence-corrected chi connectivity index (χ0v) is 20.2. The van der Waals surface area contributed by atoms with Crippen molar-refractivity contribution in [2.45, 2.75) is 39.2 Å². The van der Waals surface area contributed by atoms with Gasteiger partial charge in [-0.2, -0.15) is 0 Å². The Morgan fingerprint density at radius 3 is 2.37 bits per heavy atom. The van der Waals surface area contributed by atoms with E-state index < -0.39 is 0 Å². The first kappa shape index (κ1) is 22.8. The van der Waals surface area contributed by atoms with E-state index in [-0.39, 0.29) is 64.9 Å². The average molecular weight is 527 g/mol. The Labute approximate surface area is 194 Å². The van der Waals surface area contributed by atoms with Crippen molar-refractivity contribution >= 4 is 41.8 Å². The maximum atomic E-state index is 12.7. The number of amides is 2. The summed E-state index contributed by atoms with van der Waals surface area (Å²) in [5.41, 5.74) is -0.0900. The molecule has 2 heterocycles. The van der Waals surface area contributed by atoms with E-state index in [1.807, 2.05) is 0 Å². The number of carbonyl (C=O) groups excluding carboxylic acids is 2. The number of carbonyl (C=O) groups is 2. The van der Waals surface area contributed by atoms with Crippen molar-refractivity contribution in [1.82, 2.24) is 20.5 Å². The van der Waals surface area contributed by atoms with E-state index in [0.717, 1.165) is 12.2 Å². The number of nitrogens with zero attached hydrogens (tertiary/aromatic N) is 3. The molecule has 2 bridgehead atoms. The second kappa shape index (κ2) is 8.68. The minimum Gasteiger partial charge on any atom is -0.443 e. The first-order valence-electron chi connectivity index (χ1n) is 10.2. The summed E-state index contributed by atoms with van der Waals surface area (Å²) in [6.07, 6.45) is 6.92. The molecule has 2 fully saturated rings. The Hall–Kier alpha value is -1.91. The summed E-state index contributed by atoms with van der Waals surface area (Å²) in [4.78, 5) is 35.3. The third kappa shape index (κ3) is 4.13. The van der Waals surface area contributed by atoms with Gasteiger partial charge in [0, 0.05) is 25.6 Å². The molecule has 1 saturated carbocycles. The molecular weight excluding hydrogens is 497 g/mol. The summed E-state index contributed by atoms with van der Waals surface area (Å²) < 4.78 is 5.77. The van der Waals surface area contributed by atoms with Gasteiger partial charge < -0.3 is 15.1 Å². The van der Waals surface area contributed by atoms with E-state index in [2.05, 4.69) is 53.5 Å². The highest BCUT2D eigenvalue weighted by atomic mass is 127. The number of guanidine groups is 1. The molecule has 2 aliphatic carbocycles. The number of fused-ring (bicyclic) bond motifs is 5. The number of rotatable bonds is 5. The molecule has 2 N–H and O–H groups in total. The maximum Gasteiger partial charge on any atom is 0.233 e. The van der Waals surface area contributed by atoms with Crippen molar-refractivity contribution in [3.63, 3.8) is 0 Å². The molecule has 8 nitrogen and oxygen atoms in total. The van der Waals surface area contributed by atoms with Crippen LogP contribution in [0.3, 0.4) is 0 Å². The summed E-state index contributed by atoms with van der Waals surface area (Å²) in [6, 6.07) is 0. The van der Waals surface area contributed by atoms with Crippen molar-refractivity contribution in [2.24, 2.45) is 28.7 Å².